The number of hydrogen-bond donors (Lipinski definition) is 2. The van der Waals surface area contributed by atoms with Gasteiger partial charge in [-0.3, -0.25) is 4.99 Å². The zero-order valence-electron chi connectivity index (χ0n) is 6.69. The second-order valence-corrected chi connectivity index (χ2v) is 2.90. The SMILES string of the molecule is CN/C(Cl)=C1\CC(C)N=CN1. The second kappa shape index (κ2) is 3.62. The van der Waals surface area contributed by atoms with Crippen LogP contribution in [0.2, 0.25) is 0 Å². The summed E-state index contributed by atoms with van der Waals surface area (Å²) in [6.07, 6.45) is 2.55. The van der Waals surface area contributed by atoms with Crippen molar-refractivity contribution in [3.63, 3.8) is 0 Å². The third-order valence-corrected chi connectivity index (χ3v) is 1.97. The summed E-state index contributed by atoms with van der Waals surface area (Å²) in [5.41, 5.74) is 1.01. The van der Waals surface area contributed by atoms with Gasteiger partial charge in [0.1, 0.15) is 5.16 Å². The van der Waals surface area contributed by atoms with Crippen LogP contribution in [0.4, 0.5) is 0 Å². The molecule has 0 saturated carbocycles. The lowest BCUT2D eigenvalue weighted by atomic mass is 10.2. The van der Waals surface area contributed by atoms with Crippen molar-refractivity contribution in [2.24, 2.45) is 4.99 Å². The normalized spacial score (nSPS) is 27.7. The van der Waals surface area contributed by atoms with Crippen LogP contribution in [0.1, 0.15) is 13.3 Å². The molecule has 1 rings (SSSR count). The van der Waals surface area contributed by atoms with Gasteiger partial charge >= 0.3 is 0 Å². The Kier molecular flexibility index (Phi) is 2.76. The molecule has 0 bridgehead atoms. The lowest BCUT2D eigenvalue weighted by Gasteiger charge is -2.17. The van der Waals surface area contributed by atoms with Crippen LogP contribution in [0.5, 0.6) is 0 Å². The van der Waals surface area contributed by atoms with Crippen LogP contribution < -0.4 is 10.6 Å². The molecular formula is C7H12ClN3. The maximum absolute atomic E-state index is 5.85. The molecule has 2 N–H and O–H groups in total. The summed E-state index contributed by atoms with van der Waals surface area (Å²) in [6, 6.07) is 0.327. The Balaban J connectivity index is 2.69. The summed E-state index contributed by atoms with van der Waals surface area (Å²) in [4.78, 5) is 4.14. The maximum atomic E-state index is 5.85. The lowest BCUT2D eigenvalue weighted by molar-refractivity contribution is 0.681. The molecule has 3 nitrogen and oxygen atoms in total. The minimum absolute atomic E-state index is 0.327. The number of nitrogens with one attached hydrogen (secondary N) is 2. The highest BCUT2D eigenvalue weighted by Gasteiger charge is 2.10. The molecule has 11 heavy (non-hydrogen) atoms. The third-order valence-electron chi connectivity index (χ3n) is 1.55. The van der Waals surface area contributed by atoms with E-state index in [0.717, 1.165) is 12.1 Å². The quantitative estimate of drug-likeness (QED) is 0.581. The van der Waals surface area contributed by atoms with Crippen molar-refractivity contribution in [3.05, 3.63) is 10.9 Å². The van der Waals surface area contributed by atoms with Crippen LogP contribution in [-0.2, 0) is 0 Å². The van der Waals surface area contributed by atoms with Crippen molar-refractivity contribution < 1.29 is 0 Å². The zero-order chi connectivity index (χ0) is 8.27. The average molecular weight is 174 g/mol. The van der Waals surface area contributed by atoms with Crippen molar-refractivity contribution >= 4 is 17.9 Å². The van der Waals surface area contributed by atoms with E-state index >= 15 is 0 Å². The molecule has 1 heterocycles. The molecule has 0 amide bonds. The van der Waals surface area contributed by atoms with Gasteiger partial charge in [0.05, 0.1) is 18.1 Å². The van der Waals surface area contributed by atoms with Crippen LogP contribution >= 0.6 is 11.6 Å². The van der Waals surface area contributed by atoms with Gasteiger partial charge in [0.2, 0.25) is 0 Å². The summed E-state index contributed by atoms with van der Waals surface area (Å²) in [6.45, 7) is 2.05. The second-order valence-electron chi connectivity index (χ2n) is 2.52. The van der Waals surface area contributed by atoms with Gasteiger partial charge in [-0.1, -0.05) is 11.6 Å². The molecule has 1 aliphatic heterocycles. The average Bonchev–Trinajstić information content (AvgIpc) is 2.03. The minimum Gasteiger partial charge on any atom is -0.377 e. The number of halogens is 1. The van der Waals surface area contributed by atoms with E-state index in [0.29, 0.717) is 11.2 Å². The molecule has 1 unspecified atom stereocenters. The molecule has 0 aromatic heterocycles. The fourth-order valence-electron chi connectivity index (χ4n) is 0.953. The van der Waals surface area contributed by atoms with Crippen LogP contribution in [0, 0.1) is 0 Å². The molecule has 0 fully saturated rings. The van der Waals surface area contributed by atoms with E-state index < -0.39 is 0 Å². The smallest absolute Gasteiger partial charge is 0.121 e. The van der Waals surface area contributed by atoms with E-state index in [1.165, 1.54) is 0 Å². The summed E-state index contributed by atoms with van der Waals surface area (Å²) < 4.78 is 0. The standard InChI is InChI=1S/C7H12ClN3/c1-5-3-6(7(8)9-2)11-4-10-5/h4-5,9H,3H2,1-2H3,(H,10,11)/b7-6+. The highest BCUT2D eigenvalue weighted by molar-refractivity contribution is 6.29. The van der Waals surface area contributed by atoms with Crippen LogP contribution in [0.15, 0.2) is 15.8 Å². The summed E-state index contributed by atoms with van der Waals surface area (Å²) >= 11 is 5.85. The summed E-state index contributed by atoms with van der Waals surface area (Å²) in [5.74, 6) is 0. The van der Waals surface area contributed by atoms with Crippen LogP contribution in [-0.4, -0.2) is 19.4 Å². The van der Waals surface area contributed by atoms with E-state index in [1.54, 1.807) is 13.4 Å². The molecule has 0 aromatic rings. The first-order chi connectivity index (χ1) is 5.24. The Morgan fingerprint density at radius 2 is 2.64 bits per heavy atom. The number of rotatable bonds is 1. The fourth-order valence-corrected chi connectivity index (χ4v) is 1.09. The maximum Gasteiger partial charge on any atom is 0.121 e. The van der Waals surface area contributed by atoms with Crippen molar-refractivity contribution in [2.45, 2.75) is 19.4 Å². The van der Waals surface area contributed by atoms with Gasteiger partial charge in [0, 0.05) is 13.5 Å². The van der Waals surface area contributed by atoms with Gasteiger partial charge in [-0.05, 0) is 6.92 Å². The highest BCUT2D eigenvalue weighted by Crippen LogP contribution is 2.13. The van der Waals surface area contributed by atoms with Gasteiger partial charge in [0.25, 0.3) is 0 Å². The van der Waals surface area contributed by atoms with Gasteiger partial charge < -0.3 is 10.6 Å². The Morgan fingerprint density at radius 1 is 1.91 bits per heavy atom. The lowest BCUT2D eigenvalue weighted by Crippen LogP contribution is -2.24. The highest BCUT2D eigenvalue weighted by atomic mass is 35.5. The zero-order valence-corrected chi connectivity index (χ0v) is 7.44. The first-order valence-electron chi connectivity index (χ1n) is 3.58. The Labute approximate surface area is 71.5 Å². The Bertz CT molecular complexity index is 198. The van der Waals surface area contributed by atoms with Crippen LogP contribution in [0.3, 0.4) is 0 Å². The number of nitrogens with zero attached hydrogens (tertiary/aromatic N) is 1. The van der Waals surface area contributed by atoms with E-state index in [-0.39, 0.29) is 0 Å². The molecule has 0 spiro atoms. The van der Waals surface area contributed by atoms with Crippen molar-refractivity contribution in [3.8, 4) is 0 Å². The number of hydrogen-bond acceptors (Lipinski definition) is 3. The molecule has 4 heteroatoms. The predicted molar refractivity (Wildman–Crippen MR) is 47.6 cm³/mol. The molecule has 62 valence electrons. The van der Waals surface area contributed by atoms with E-state index in [1.807, 2.05) is 0 Å². The molecule has 1 aliphatic rings. The predicted octanol–water partition coefficient (Wildman–Crippen LogP) is 1.02. The number of aliphatic imine (C=N–C) groups is 1. The summed E-state index contributed by atoms with van der Waals surface area (Å²) in [5, 5.41) is 6.54. The molecule has 0 aromatic carbocycles. The first kappa shape index (κ1) is 8.40. The van der Waals surface area contributed by atoms with E-state index in [2.05, 4.69) is 22.5 Å². The van der Waals surface area contributed by atoms with Gasteiger partial charge in [-0.2, -0.15) is 0 Å². The monoisotopic (exact) mass is 173 g/mol. The molecule has 0 saturated heterocycles. The van der Waals surface area contributed by atoms with Crippen molar-refractivity contribution in [2.75, 3.05) is 7.05 Å². The first-order valence-corrected chi connectivity index (χ1v) is 3.96. The van der Waals surface area contributed by atoms with Gasteiger partial charge in [0.15, 0.2) is 0 Å². The van der Waals surface area contributed by atoms with Crippen molar-refractivity contribution in [1.82, 2.24) is 10.6 Å². The van der Waals surface area contributed by atoms with E-state index in [9.17, 15) is 0 Å². The van der Waals surface area contributed by atoms with Crippen molar-refractivity contribution in [1.29, 1.82) is 0 Å². The van der Waals surface area contributed by atoms with Gasteiger partial charge in [-0.25, -0.2) is 0 Å². The Hall–Kier alpha value is -0.700. The fraction of sp³-hybridized carbons (Fsp3) is 0.571. The van der Waals surface area contributed by atoms with Crippen LogP contribution in [0.25, 0.3) is 0 Å². The molecular weight excluding hydrogens is 162 g/mol. The topological polar surface area (TPSA) is 36.4 Å². The third kappa shape index (κ3) is 2.12. The van der Waals surface area contributed by atoms with Gasteiger partial charge in [-0.15, -0.1) is 0 Å². The molecule has 0 aliphatic carbocycles. The summed E-state index contributed by atoms with van der Waals surface area (Å²) in [7, 11) is 1.80. The largest absolute Gasteiger partial charge is 0.377 e. The molecule has 0 radical (unpaired) electrons. The van der Waals surface area contributed by atoms with E-state index in [4.69, 9.17) is 11.6 Å². The Morgan fingerprint density at radius 3 is 3.18 bits per heavy atom. The minimum atomic E-state index is 0.327. The molecule has 1 atom stereocenters.